The summed E-state index contributed by atoms with van der Waals surface area (Å²) < 4.78 is 12.2. The molecule has 4 heterocycles. The Morgan fingerprint density at radius 2 is 1.82 bits per heavy atom. The van der Waals surface area contributed by atoms with Crippen LogP contribution < -0.4 is 5.32 Å². The molecule has 0 amide bonds. The Morgan fingerprint density at radius 1 is 1.05 bits per heavy atom. The van der Waals surface area contributed by atoms with Crippen molar-refractivity contribution in [1.82, 2.24) is 9.97 Å². The summed E-state index contributed by atoms with van der Waals surface area (Å²) >= 11 is 1.63. The molecule has 0 saturated carbocycles. The first-order valence-corrected chi connectivity index (χ1v) is 7.78. The van der Waals surface area contributed by atoms with Gasteiger partial charge in [-0.25, -0.2) is 9.97 Å². The summed E-state index contributed by atoms with van der Waals surface area (Å²) in [5, 5.41) is 5.40. The Bertz CT molecular complexity index is 818. The molecule has 1 N–H and O–H groups in total. The molecule has 4 aromatic heterocycles. The Balaban J connectivity index is 1.61. The van der Waals surface area contributed by atoms with E-state index in [9.17, 15) is 0 Å². The first-order chi connectivity index (χ1) is 10.9. The molecule has 0 bridgehead atoms. The number of nitrogens with zero attached hydrogens (tertiary/aromatic N) is 2. The maximum Gasteiger partial charge on any atom is 0.147 e. The van der Waals surface area contributed by atoms with Crippen molar-refractivity contribution in [2.45, 2.75) is 5.92 Å². The van der Waals surface area contributed by atoms with Gasteiger partial charge in [0.1, 0.15) is 23.7 Å². The molecule has 0 aromatic carbocycles. The smallest absolute Gasteiger partial charge is 0.147 e. The van der Waals surface area contributed by atoms with Crippen molar-refractivity contribution in [3.05, 3.63) is 66.1 Å². The van der Waals surface area contributed by atoms with Gasteiger partial charge in [0.15, 0.2) is 0 Å². The van der Waals surface area contributed by atoms with Crippen molar-refractivity contribution in [2.24, 2.45) is 0 Å². The van der Waals surface area contributed by atoms with Gasteiger partial charge in [-0.15, -0.1) is 11.3 Å². The molecule has 4 rings (SSSR count). The number of hydrogen-bond acceptors (Lipinski definition) is 6. The number of furan rings is 2. The van der Waals surface area contributed by atoms with Gasteiger partial charge >= 0.3 is 0 Å². The van der Waals surface area contributed by atoms with E-state index in [-0.39, 0.29) is 5.92 Å². The molecule has 0 aliphatic rings. The molecule has 110 valence electrons. The van der Waals surface area contributed by atoms with E-state index in [1.54, 1.807) is 30.2 Å². The van der Waals surface area contributed by atoms with E-state index in [1.165, 1.54) is 0 Å². The Morgan fingerprint density at radius 3 is 2.50 bits per heavy atom. The van der Waals surface area contributed by atoms with Crippen molar-refractivity contribution in [3.63, 3.8) is 0 Å². The predicted molar refractivity (Wildman–Crippen MR) is 85.2 cm³/mol. The fourth-order valence-electron chi connectivity index (χ4n) is 2.43. The van der Waals surface area contributed by atoms with Gasteiger partial charge in [0.25, 0.3) is 0 Å². The van der Waals surface area contributed by atoms with Crippen LogP contribution in [0.15, 0.2) is 63.4 Å². The third kappa shape index (κ3) is 2.37. The SMILES string of the molecule is c1coc(C(CNc2ncnc3ccsc23)c2ccco2)c1. The fourth-order valence-corrected chi connectivity index (χ4v) is 3.24. The van der Waals surface area contributed by atoms with Crippen LogP contribution in [-0.2, 0) is 0 Å². The lowest BCUT2D eigenvalue weighted by Crippen LogP contribution is -2.14. The first kappa shape index (κ1) is 13.1. The highest BCUT2D eigenvalue weighted by molar-refractivity contribution is 7.17. The van der Waals surface area contributed by atoms with E-state index in [2.05, 4.69) is 15.3 Å². The number of anilines is 1. The quantitative estimate of drug-likeness (QED) is 0.600. The lowest BCUT2D eigenvalue weighted by Gasteiger charge is -2.14. The van der Waals surface area contributed by atoms with Crippen molar-refractivity contribution in [3.8, 4) is 0 Å². The zero-order valence-electron chi connectivity index (χ0n) is 11.6. The van der Waals surface area contributed by atoms with Crippen LogP contribution in [0.3, 0.4) is 0 Å². The first-order valence-electron chi connectivity index (χ1n) is 6.90. The number of aromatic nitrogens is 2. The molecular formula is C16H13N3O2S. The monoisotopic (exact) mass is 311 g/mol. The summed E-state index contributed by atoms with van der Waals surface area (Å²) in [7, 11) is 0. The van der Waals surface area contributed by atoms with Crippen LogP contribution in [0.1, 0.15) is 17.4 Å². The van der Waals surface area contributed by atoms with Crippen LogP contribution in [-0.4, -0.2) is 16.5 Å². The topological polar surface area (TPSA) is 64.1 Å². The van der Waals surface area contributed by atoms with Crippen molar-refractivity contribution >= 4 is 27.4 Å². The van der Waals surface area contributed by atoms with Crippen LogP contribution in [0.25, 0.3) is 10.2 Å². The number of nitrogens with one attached hydrogen (secondary N) is 1. The second-order valence-corrected chi connectivity index (χ2v) is 5.74. The van der Waals surface area contributed by atoms with Crippen LogP contribution >= 0.6 is 11.3 Å². The molecule has 0 unspecified atom stereocenters. The van der Waals surface area contributed by atoms with Gasteiger partial charge in [0, 0.05) is 6.54 Å². The van der Waals surface area contributed by atoms with E-state index >= 15 is 0 Å². The molecule has 22 heavy (non-hydrogen) atoms. The minimum atomic E-state index is -0.00465. The van der Waals surface area contributed by atoms with E-state index in [0.29, 0.717) is 6.54 Å². The molecule has 5 nitrogen and oxygen atoms in total. The third-order valence-corrected chi connectivity index (χ3v) is 4.40. The van der Waals surface area contributed by atoms with Crippen molar-refractivity contribution in [1.29, 1.82) is 0 Å². The molecule has 6 heteroatoms. The molecule has 0 aliphatic heterocycles. The zero-order chi connectivity index (χ0) is 14.8. The fraction of sp³-hybridized carbons (Fsp3) is 0.125. The highest BCUT2D eigenvalue weighted by atomic mass is 32.1. The number of thiophene rings is 1. The molecule has 4 aromatic rings. The van der Waals surface area contributed by atoms with Crippen LogP contribution in [0.4, 0.5) is 5.82 Å². The Kier molecular flexibility index (Phi) is 3.36. The van der Waals surface area contributed by atoms with Gasteiger partial charge in [-0.1, -0.05) is 0 Å². The molecule has 0 atom stereocenters. The molecule has 0 aliphatic carbocycles. The molecule has 0 spiro atoms. The minimum Gasteiger partial charge on any atom is -0.469 e. The number of fused-ring (bicyclic) bond motifs is 1. The average Bonchev–Trinajstić information content (AvgIpc) is 3.30. The Labute approximate surface area is 130 Å². The highest BCUT2D eigenvalue weighted by Crippen LogP contribution is 2.28. The zero-order valence-corrected chi connectivity index (χ0v) is 12.4. The highest BCUT2D eigenvalue weighted by Gasteiger charge is 2.20. The predicted octanol–water partition coefficient (Wildman–Crippen LogP) is 4.12. The van der Waals surface area contributed by atoms with E-state index in [0.717, 1.165) is 27.6 Å². The largest absolute Gasteiger partial charge is 0.469 e. The molecule has 0 fully saturated rings. The number of hydrogen-bond donors (Lipinski definition) is 1. The van der Waals surface area contributed by atoms with E-state index in [1.807, 2.05) is 35.7 Å². The van der Waals surface area contributed by atoms with Crippen molar-refractivity contribution in [2.75, 3.05) is 11.9 Å². The van der Waals surface area contributed by atoms with E-state index < -0.39 is 0 Å². The summed E-state index contributed by atoms with van der Waals surface area (Å²) in [4.78, 5) is 8.59. The summed E-state index contributed by atoms with van der Waals surface area (Å²) in [5.74, 6) is 2.55. The second-order valence-electron chi connectivity index (χ2n) is 4.82. The third-order valence-electron chi connectivity index (χ3n) is 3.49. The minimum absolute atomic E-state index is 0.00465. The maximum absolute atomic E-state index is 5.55. The molecule has 0 saturated heterocycles. The normalized spacial score (nSPS) is 11.3. The summed E-state index contributed by atoms with van der Waals surface area (Å²) in [6.07, 6.45) is 4.92. The van der Waals surface area contributed by atoms with Gasteiger partial charge < -0.3 is 14.2 Å². The van der Waals surface area contributed by atoms with Gasteiger partial charge in [-0.3, -0.25) is 0 Å². The van der Waals surface area contributed by atoms with Crippen molar-refractivity contribution < 1.29 is 8.83 Å². The molecule has 0 radical (unpaired) electrons. The maximum atomic E-state index is 5.55. The number of rotatable bonds is 5. The van der Waals surface area contributed by atoms with Gasteiger partial charge in [-0.2, -0.15) is 0 Å². The van der Waals surface area contributed by atoms with Gasteiger partial charge in [0.2, 0.25) is 0 Å². The summed E-state index contributed by atoms with van der Waals surface area (Å²) in [5.41, 5.74) is 0.954. The van der Waals surface area contributed by atoms with Crippen LogP contribution in [0.2, 0.25) is 0 Å². The van der Waals surface area contributed by atoms with Gasteiger partial charge in [0.05, 0.1) is 28.7 Å². The lowest BCUT2D eigenvalue weighted by molar-refractivity contribution is 0.433. The lowest BCUT2D eigenvalue weighted by atomic mass is 10.0. The van der Waals surface area contributed by atoms with Crippen LogP contribution in [0, 0.1) is 0 Å². The average molecular weight is 311 g/mol. The summed E-state index contributed by atoms with van der Waals surface area (Å²) in [6.45, 7) is 0.630. The van der Waals surface area contributed by atoms with Gasteiger partial charge in [-0.05, 0) is 35.7 Å². The second kappa shape index (κ2) is 5.65. The summed E-state index contributed by atoms with van der Waals surface area (Å²) in [6, 6.07) is 9.66. The van der Waals surface area contributed by atoms with Crippen LogP contribution in [0.5, 0.6) is 0 Å². The van der Waals surface area contributed by atoms with E-state index in [4.69, 9.17) is 8.83 Å². The molecular weight excluding hydrogens is 298 g/mol. The standard InChI is InChI=1S/C16H13N3O2S/c1-3-13(20-6-1)11(14-4-2-7-21-14)9-17-16-15-12(5-8-22-15)18-10-19-16/h1-8,10-11H,9H2,(H,17,18,19). The Hall–Kier alpha value is -2.60.